The molecule has 2 saturated carbocycles. The summed E-state index contributed by atoms with van der Waals surface area (Å²) in [6.45, 7) is 3.94. The molecule has 1 aromatic carbocycles. The Morgan fingerprint density at radius 3 is 2.68 bits per heavy atom. The summed E-state index contributed by atoms with van der Waals surface area (Å²) in [4.78, 5) is 42.6. The van der Waals surface area contributed by atoms with E-state index in [1.165, 1.54) is 17.4 Å². The van der Waals surface area contributed by atoms with Crippen LogP contribution in [-0.2, 0) is 20.8 Å². The minimum atomic E-state index is -5.07. The molecule has 5 atom stereocenters. The number of rotatable bonds is 5. The van der Waals surface area contributed by atoms with Gasteiger partial charge in [-0.3, -0.25) is 14.4 Å². The van der Waals surface area contributed by atoms with E-state index in [1.807, 2.05) is 19.2 Å². The first kappa shape index (κ1) is 26.6. The van der Waals surface area contributed by atoms with Crippen molar-refractivity contribution in [3.05, 3.63) is 34.3 Å². The number of fused-ring (bicyclic) bond motifs is 5. The molecule has 4 unspecified atom stereocenters. The van der Waals surface area contributed by atoms with Crippen molar-refractivity contribution < 1.29 is 32.7 Å². The van der Waals surface area contributed by atoms with E-state index >= 15 is 0 Å². The van der Waals surface area contributed by atoms with Crippen molar-refractivity contribution in [3.63, 3.8) is 0 Å². The van der Waals surface area contributed by atoms with Crippen molar-refractivity contribution in [1.29, 1.82) is 0 Å². The smallest absolute Gasteiger partial charge is 0.471 e. The number of halogens is 3. The van der Waals surface area contributed by atoms with E-state index in [1.54, 1.807) is 12.3 Å². The summed E-state index contributed by atoms with van der Waals surface area (Å²) in [5, 5.41) is 15.6. The van der Waals surface area contributed by atoms with Crippen molar-refractivity contribution in [1.82, 2.24) is 4.98 Å². The van der Waals surface area contributed by atoms with Gasteiger partial charge in [0.05, 0.1) is 5.69 Å². The largest absolute Gasteiger partial charge is 0.506 e. The SMILES string of the molecule is Cc1cnc(NC(=O)CCC2CC(=O)[C@@]3(C)CCC4c5ccc(O)c(NC(=O)C(F)(F)F)c5CCC4C23)s1. The summed E-state index contributed by atoms with van der Waals surface area (Å²) in [5.41, 5.74) is 0.695. The van der Waals surface area contributed by atoms with E-state index in [-0.39, 0.29) is 47.5 Å². The van der Waals surface area contributed by atoms with E-state index < -0.39 is 23.2 Å². The van der Waals surface area contributed by atoms with E-state index in [4.69, 9.17) is 0 Å². The van der Waals surface area contributed by atoms with Gasteiger partial charge in [-0.1, -0.05) is 13.0 Å². The molecule has 204 valence electrons. The number of alkyl halides is 3. The Morgan fingerprint density at radius 1 is 1.24 bits per heavy atom. The lowest BCUT2D eigenvalue weighted by Crippen LogP contribution is -2.44. The summed E-state index contributed by atoms with van der Waals surface area (Å²) in [6.07, 6.45) is 0.266. The summed E-state index contributed by atoms with van der Waals surface area (Å²) < 4.78 is 38.8. The van der Waals surface area contributed by atoms with Crippen LogP contribution in [0.1, 0.15) is 67.4 Å². The molecule has 0 radical (unpaired) electrons. The van der Waals surface area contributed by atoms with Gasteiger partial charge in [0.1, 0.15) is 11.5 Å². The molecule has 1 heterocycles. The number of aromatic hydroxyl groups is 1. The fraction of sp³-hybridized carbons (Fsp3) is 0.556. The zero-order valence-electron chi connectivity index (χ0n) is 21.2. The number of Topliss-reactive ketones (excluding diaryl/α,β-unsaturated/α-hetero) is 1. The van der Waals surface area contributed by atoms with Crippen LogP contribution < -0.4 is 10.6 Å². The number of hydrogen-bond acceptors (Lipinski definition) is 6. The molecule has 2 amide bonds. The molecule has 38 heavy (non-hydrogen) atoms. The second-order valence-electron chi connectivity index (χ2n) is 11.0. The predicted octanol–water partition coefficient (Wildman–Crippen LogP) is 5.73. The molecular weight excluding hydrogens is 519 g/mol. The first-order chi connectivity index (χ1) is 17.9. The number of ketones is 1. The number of amides is 2. The normalized spacial score (nSPS) is 28.3. The average molecular weight is 550 g/mol. The van der Waals surface area contributed by atoms with Crippen molar-refractivity contribution in [2.75, 3.05) is 10.6 Å². The van der Waals surface area contributed by atoms with Crippen LogP contribution in [0.15, 0.2) is 18.3 Å². The number of aromatic nitrogens is 1. The third-order valence-electron chi connectivity index (χ3n) is 8.84. The number of nitrogens with one attached hydrogen (secondary N) is 2. The Kier molecular flexibility index (Phi) is 6.77. The molecule has 1 aromatic heterocycles. The maximum atomic E-state index is 13.2. The van der Waals surface area contributed by atoms with Gasteiger partial charge in [-0.2, -0.15) is 13.2 Å². The van der Waals surface area contributed by atoms with Crippen LogP contribution in [0.3, 0.4) is 0 Å². The number of hydrogen-bond donors (Lipinski definition) is 3. The number of benzene rings is 1. The van der Waals surface area contributed by atoms with Gasteiger partial charge in [-0.15, -0.1) is 11.3 Å². The van der Waals surface area contributed by atoms with Gasteiger partial charge in [-0.25, -0.2) is 4.98 Å². The fourth-order valence-corrected chi connectivity index (χ4v) is 7.90. The molecule has 2 aromatic rings. The summed E-state index contributed by atoms with van der Waals surface area (Å²) >= 11 is 1.40. The van der Waals surface area contributed by atoms with Crippen LogP contribution >= 0.6 is 11.3 Å². The Bertz CT molecular complexity index is 1290. The number of aryl methyl sites for hydroxylation is 1. The van der Waals surface area contributed by atoms with Gasteiger partial charge in [0, 0.05) is 29.3 Å². The Balaban J connectivity index is 1.37. The Labute approximate surface area is 222 Å². The van der Waals surface area contributed by atoms with Crippen LogP contribution in [0, 0.1) is 30.1 Å². The molecule has 0 aliphatic heterocycles. The third-order valence-corrected chi connectivity index (χ3v) is 9.67. The topological polar surface area (TPSA) is 108 Å². The first-order valence-electron chi connectivity index (χ1n) is 12.9. The van der Waals surface area contributed by atoms with E-state index in [0.717, 1.165) is 10.4 Å². The number of carbonyl (C=O) groups excluding carboxylic acids is 3. The molecule has 0 bridgehead atoms. The number of anilines is 2. The highest BCUT2D eigenvalue weighted by atomic mass is 32.1. The van der Waals surface area contributed by atoms with Crippen LogP contribution in [0.4, 0.5) is 24.0 Å². The maximum Gasteiger partial charge on any atom is 0.471 e. The van der Waals surface area contributed by atoms with Crippen molar-refractivity contribution in [2.24, 2.45) is 23.2 Å². The molecule has 3 N–H and O–H groups in total. The van der Waals surface area contributed by atoms with Crippen molar-refractivity contribution in [3.8, 4) is 5.75 Å². The zero-order valence-corrected chi connectivity index (χ0v) is 22.0. The summed E-state index contributed by atoms with van der Waals surface area (Å²) in [6, 6.07) is 3.07. The molecule has 11 heteroatoms. The molecule has 0 saturated heterocycles. The van der Waals surface area contributed by atoms with E-state index in [9.17, 15) is 32.7 Å². The second kappa shape index (κ2) is 9.66. The zero-order chi connectivity index (χ0) is 27.4. The molecule has 2 fully saturated rings. The van der Waals surface area contributed by atoms with Gasteiger partial charge in [-0.05, 0) is 79.9 Å². The lowest BCUT2D eigenvalue weighted by Gasteiger charge is -2.50. The standard InChI is InChI=1S/C27H30F3N3O4S/c1-13-12-31-25(38-13)32-21(36)8-3-14-11-20(35)26(2)10-9-16-15-6-7-19(34)23(33-24(37)27(28,29)30)18(15)5-4-17(16)22(14)26/h6-7,12,14,16-17,22,34H,3-5,8-11H2,1-2H3,(H,33,37)(H,31,32,36)/t14?,16?,17?,22?,26-/m1/s1. The summed E-state index contributed by atoms with van der Waals surface area (Å²) in [7, 11) is 0. The number of carbonyl (C=O) groups is 3. The number of phenols is 1. The second-order valence-corrected chi connectivity index (χ2v) is 12.3. The van der Waals surface area contributed by atoms with Gasteiger partial charge in [0.25, 0.3) is 0 Å². The van der Waals surface area contributed by atoms with Crippen LogP contribution in [0.5, 0.6) is 5.75 Å². The fourth-order valence-electron chi connectivity index (χ4n) is 7.21. The lowest BCUT2D eigenvalue weighted by atomic mass is 9.54. The van der Waals surface area contributed by atoms with E-state index in [2.05, 4.69) is 10.3 Å². The first-order valence-corrected chi connectivity index (χ1v) is 13.7. The third kappa shape index (κ3) is 4.69. The highest BCUT2D eigenvalue weighted by molar-refractivity contribution is 7.15. The number of phenolic OH excluding ortho intramolecular Hbond substituents is 1. The van der Waals surface area contributed by atoms with Gasteiger partial charge < -0.3 is 15.7 Å². The van der Waals surface area contributed by atoms with Crippen molar-refractivity contribution >= 4 is 39.8 Å². The maximum absolute atomic E-state index is 13.2. The molecule has 3 aliphatic carbocycles. The van der Waals surface area contributed by atoms with Gasteiger partial charge in [0.2, 0.25) is 5.91 Å². The predicted molar refractivity (Wildman–Crippen MR) is 136 cm³/mol. The monoisotopic (exact) mass is 549 g/mol. The quantitative estimate of drug-likeness (QED) is 0.413. The van der Waals surface area contributed by atoms with Crippen LogP contribution in [-0.4, -0.2) is 33.9 Å². The molecular formula is C27H30F3N3O4S. The van der Waals surface area contributed by atoms with E-state index in [0.29, 0.717) is 49.2 Å². The average Bonchev–Trinajstić information content (AvgIpc) is 3.37. The number of nitrogens with zero attached hydrogens (tertiary/aromatic N) is 1. The highest BCUT2D eigenvalue weighted by Gasteiger charge is 2.58. The minimum absolute atomic E-state index is 0.000478. The van der Waals surface area contributed by atoms with Crippen LogP contribution in [0.2, 0.25) is 0 Å². The lowest BCUT2D eigenvalue weighted by molar-refractivity contribution is -0.167. The molecule has 5 rings (SSSR count). The highest BCUT2D eigenvalue weighted by Crippen LogP contribution is 2.62. The molecule has 7 nitrogen and oxygen atoms in total. The van der Waals surface area contributed by atoms with Gasteiger partial charge in [0.15, 0.2) is 5.13 Å². The minimum Gasteiger partial charge on any atom is -0.506 e. The Morgan fingerprint density at radius 2 is 2.00 bits per heavy atom. The van der Waals surface area contributed by atoms with Crippen molar-refractivity contribution in [2.45, 2.75) is 70.9 Å². The Hall–Kier alpha value is -2.95. The van der Waals surface area contributed by atoms with Crippen LogP contribution in [0.25, 0.3) is 0 Å². The number of thiazole rings is 1. The molecule has 0 spiro atoms. The molecule has 3 aliphatic rings. The summed E-state index contributed by atoms with van der Waals surface area (Å²) in [5.74, 6) is -2.22. The van der Waals surface area contributed by atoms with Gasteiger partial charge >= 0.3 is 12.1 Å².